The Morgan fingerprint density at radius 3 is 2.68 bits per heavy atom. The molecule has 0 bridgehead atoms. The smallest absolute Gasteiger partial charge is 0.0579 e. The van der Waals surface area contributed by atoms with Gasteiger partial charge in [0.15, 0.2) is 0 Å². The maximum atomic E-state index is 5.89. The van der Waals surface area contributed by atoms with Crippen molar-refractivity contribution >= 4 is 0 Å². The Morgan fingerprint density at radius 2 is 2.05 bits per heavy atom. The first kappa shape index (κ1) is 14.5. The third-order valence-electron chi connectivity index (χ3n) is 3.99. The van der Waals surface area contributed by atoms with Crippen molar-refractivity contribution in [3.05, 3.63) is 35.9 Å². The Labute approximate surface area is 117 Å². The molecule has 1 aromatic rings. The Hall–Kier alpha value is -0.860. The van der Waals surface area contributed by atoms with E-state index in [0.717, 1.165) is 6.54 Å². The standard InChI is InChI=1S/C17H27NO/c1-3-18-17(15-8-5-4-6-9-15)11-7-10-16-13-12-14(2)19-16/h4-6,8-9,14,16-18H,3,7,10-13H2,1-2H3. The zero-order chi connectivity index (χ0) is 13.5. The van der Waals surface area contributed by atoms with Gasteiger partial charge in [-0.3, -0.25) is 0 Å². The summed E-state index contributed by atoms with van der Waals surface area (Å²) in [6.45, 7) is 5.39. The molecule has 0 amide bonds. The summed E-state index contributed by atoms with van der Waals surface area (Å²) in [6, 6.07) is 11.3. The largest absolute Gasteiger partial charge is 0.375 e. The van der Waals surface area contributed by atoms with Crippen LogP contribution < -0.4 is 5.32 Å². The van der Waals surface area contributed by atoms with E-state index in [1.54, 1.807) is 0 Å². The van der Waals surface area contributed by atoms with Crippen LogP contribution in [0.5, 0.6) is 0 Å². The Balaban J connectivity index is 1.77. The van der Waals surface area contributed by atoms with Gasteiger partial charge >= 0.3 is 0 Å². The van der Waals surface area contributed by atoms with Gasteiger partial charge in [-0.1, -0.05) is 37.3 Å². The number of ether oxygens (including phenoxy) is 1. The first-order valence-electron chi connectivity index (χ1n) is 7.73. The molecule has 106 valence electrons. The van der Waals surface area contributed by atoms with E-state index >= 15 is 0 Å². The van der Waals surface area contributed by atoms with Crippen molar-refractivity contribution in [2.24, 2.45) is 0 Å². The molecular formula is C17H27NO. The second kappa shape index (κ2) is 7.66. The van der Waals surface area contributed by atoms with E-state index in [1.807, 2.05) is 0 Å². The van der Waals surface area contributed by atoms with Crippen LogP contribution in [-0.4, -0.2) is 18.8 Å². The van der Waals surface area contributed by atoms with Crippen molar-refractivity contribution in [1.29, 1.82) is 0 Å². The fraction of sp³-hybridized carbons (Fsp3) is 0.647. The molecule has 3 unspecified atom stereocenters. The Morgan fingerprint density at radius 1 is 1.26 bits per heavy atom. The lowest BCUT2D eigenvalue weighted by molar-refractivity contribution is 0.0491. The van der Waals surface area contributed by atoms with Gasteiger partial charge in [-0.25, -0.2) is 0 Å². The SMILES string of the molecule is CCNC(CCCC1CCC(C)O1)c1ccccc1. The highest BCUT2D eigenvalue weighted by Crippen LogP contribution is 2.25. The summed E-state index contributed by atoms with van der Waals surface area (Å²) in [5.74, 6) is 0. The highest BCUT2D eigenvalue weighted by Gasteiger charge is 2.21. The fourth-order valence-corrected chi connectivity index (χ4v) is 2.97. The molecule has 1 aliphatic heterocycles. The van der Waals surface area contributed by atoms with Crippen molar-refractivity contribution in [2.45, 2.75) is 64.2 Å². The third kappa shape index (κ3) is 4.63. The molecule has 1 aliphatic rings. The van der Waals surface area contributed by atoms with Gasteiger partial charge in [0.25, 0.3) is 0 Å². The van der Waals surface area contributed by atoms with Crippen molar-refractivity contribution in [2.75, 3.05) is 6.54 Å². The molecular weight excluding hydrogens is 234 g/mol. The van der Waals surface area contributed by atoms with Gasteiger partial charge in [-0.05, 0) is 51.1 Å². The van der Waals surface area contributed by atoms with Crippen molar-refractivity contribution in [1.82, 2.24) is 5.32 Å². The number of rotatable bonds is 7. The zero-order valence-electron chi connectivity index (χ0n) is 12.3. The summed E-state index contributed by atoms with van der Waals surface area (Å²) >= 11 is 0. The van der Waals surface area contributed by atoms with Gasteiger partial charge in [0, 0.05) is 6.04 Å². The van der Waals surface area contributed by atoms with Crippen LogP contribution in [0.4, 0.5) is 0 Å². The molecule has 2 nitrogen and oxygen atoms in total. The monoisotopic (exact) mass is 261 g/mol. The molecule has 1 saturated heterocycles. The number of benzene rings is 1. The summed E-state index contributed by atoms with van der Waals surface area (Å²) in [5, 5.41) is 3.59. The maximum Gasteiger partial charge on any atom is 0.0579 e. The minimum absolute atomic E-state index is 0.476. The molecule has 0 aliphatic carbocycles. The molecule has 1 fully saturated rings. The molecule has 0 radical (unpaired) electrons. The van der Waals surface area contributed by atoms with E-state index in [9.17, 15) is 0 Å². The molecule has 0 saturated carbocycles. The van der Waals surface area contributed by atoms with Crippen LogP contribution in [-0.2, 0) is 4.74 Å². The molecule has 19 heavy (non-hydrogen) atoms. The van der Waals surface area contributed by atoms with E-state index in [4.69, 9.17) is 4.74 Å². The average molecular weight is 261 g/mol. The summed E-state index contributed by atoms with van der Waals surface area (Å²) in [4.78, 5) is 0. The lowest BCUT2D eigenvalue weighted by Crippen LogP contribution is -2.21. The first-order valence-corrected chi connectivity index (χ1v) is 7.73. The second-order valence-corrected chi connectivity index (χ2v) is 5.60. The van der Waals surface area contributed by atoms with E-state index in [-0.39, 0.29) is 0 Å². The minimum Gasteiger partial charge on any atom is -0.375 e. The molecule has 0 spiro atoms. The van der Waals surface area contributed by atoms with Crippen molar-refractivity contribution < 1.29 is 4.74 Å². The van der Waals surface area contributed by atoms with Gasteiger partial charge in [0.1, 0.15) is 0 Å². The second-order valence-electron chi connectivity index (χ2n) is 5.60. The van der Waals surface area contributed by atoms with Gasteiger partial charge in [0.05, 0.1) is 12.2 Å². The van der Waals surface area contributed by atoms with E-state index < -0.39 is 0 Å². The summed E-state index contributed by atoms with van der Waals surface area (Å²) in [6.07, 6.45) is 7.12. The predicted molar refractivity (Wildman–Crippen MR) is 80.3 cm³/mol. The van der Waals surface area contributed by atoms with Gasteiger partial charge in [-0.2, -0.15) is 0 Å². The minimum atomic E-state index is 0.476. The maximum absolute atomic E-state index is 5.89. The van der Waals surface area contributed by atoms with Crippen molar-refractivity contribution in [3.63, 3.8) is 0 Å². The number of hydrogen-bond acceptors (Lipinski definition) is 2. The Bertz CT molecular complexity index is 352. The summed E-state index contributed by atoms with van der Waals surface area (Å²) < 4.78 is 5.89. The van der Waals surface area contributed by atoms with Gasteiger partial charge < -0.3 is 10.1 Å². The van der Waals surface area contributed by atoms with Crippen LogP contribution in [0.1, 0.15) is 57.6 Å². The predicted octanol–water partition coefficient (Wildman–Crippen LogP) is 4.08. The molecule has 2 rings (SSSR count). The quantitative estimate of drug-likeness (QED) is 0.798. The topological polar surface area (TPSA) is 21.3 Å². The average Bonchev–Trinajstić information content (AvgIpc) is 2.84. The van der Waals surface area contributed by atoms with E-state index in [0.29, 0.717) is 18.2 Å². The van der Waals surface area contributed by atoms with Crippen LogP contribution >= 0.6 is 0 Å². The number of nitrogens with one attached hydrogen (secondary N) is 1. The van der Waals surface area contributed by atoms with Crippen LogP contribution in [0.25, 0.3) is 0 Å². The molecule has 1 heterocycles. The highest BCUT2D eigenvalue weighted by molar-refractivity contribution is 5.18. The van der Waals surface area contributed by atoms with Crippen molar-refractivity contribution in [3.8, 4) is 0 Å². The molecule has 0 aromatic heterocycles. The lowest BCUT2D eigenvalue weighted by Gasteiger charge is -2.19. The molecule has 2 heteroatoms. The van der Waals surface area contributed by atoms with Crippen LogP contribution in [0, 0.1) is 0 Å². The number of hydrogen-bond donors (Lipinski definition) is 1. The first-order chi connectivity index (χ1) is 9.29. The molecule has 3 atom stereocenters. The zero-order valence-corrected chi connectivity index (χ0v) is 12.3. The fourth-order valence-electron chi connectivity index (χ4n) is 2.97. The van der Waals surface area contributed by atoms with E-state index in [2.05, 4.69) is 49.5 Å². The van der Waals surface area contributed by atoms with Crippen LogP contribution in [0.3, 0.4) is 0 Å². The van der Waals surface area contributed by atoms with Crippen LogP contribution in [0.15, 0.2) is 30.3 Å². The normalized spacial score (nSPS) is 24.5. The molecule has 1 aromatic carbocycles. The van der Waals surface area contributed by atoms with E-state index in [1.165, 1.54) is 37.7 Å². The Kier molecular flexibility index (Phi) is 5.87. The van der Waals surface area contributed by atoms with Gasteiger partial charge in [0.2, 0.25) is 0 Å². The van der Waals surface area contributed by atoms with Gasteiger partial charge in [-0.15, -0.1) is 0 Å². The van der Waals surface area contributed by atoms with Crippen LogP contribution in [0.2, 0.25) is 0 Å². The highest BCUT2D eigenvalue weighted by atomic mass is 16.5. The third-order valence-corrected chi connectivity index (χ3v) is 3.99. The summed E-state index contributed by atoms with van der Waals surface area (Å²) in [5.41, 5.74) is 1.41. The molecule has 1 N–H and O–H groups in total. The lowest BCUT2D eigenvalue weighted by atomic mass is 9.99. The summed E-state index contributed by atoms with van der Waals surface area (Å²) in [7, 11) is 0.